The van der Waals surface area contributed by atoms with Crippen LogP contribution < -0.4 is 0 Å². The molecule has 0 bridgehead atoms. The summed E-state index contributed by atoms with van der Waals surface area (Å²) in [6.07, 6.45) is 2.81. The number of rotatable bonds is 6. The first-order valence-electron chi connectivity index (χ1n) is 8.76. The van der Waals surface area contributed by atoms with Crippen LogP contribution in [0.2, 0.25) is 0 Å². The molecule has 1 fully saturated rings. The third-order valence-electron chi connectivity index (χ3n) is 5.11. The average Bonchev–Trinajstić information content (AvgIpc) is 2.90. The van der Waals surface area contributed by atoms with Crippen molar-refractivity contribution in [1.29, 1.82) is 0 Å². The first-order valence-corrected chi connectivity index (χ1v) is 8.76. The highest BCUT2D eigenvalue weighted by Crippen LogP contribution is 2.19. The van der Waals surface area contributed by atoms with Crippen molar-refractivity contribution < 1.29 is 5.11 Å². The number of aliphatic hydroxyl groups excluding tert-OH is 1. The van der Waals surface area contributed by atoms with E-state index in [2.05, 4.69) is 52.2 Å². The van der Waals surface area contributed by atoms with E-state index in [1.807, 2.05) is 17.9 Å². The van der Waals surface area contributed by atoms with E-state index in [-0.39, 0.29) is 6.61 Å². The molecule has 5 nitrogen and oxygen atoms in total. The molecule has 1 saturated heterocycles. The van der Waals surface area contributed by atoms with Gasteiger partial charge in [0.2, 0.25) is 0 Å². The van der Waals surface area contributed by atoms with Crippen molar-refractivity contribution in [2.45, 2.75) is 32.5 Å². The fourth-order valence-corrected chi connectivity index (χ4v) is 3.49. The molecule has 0 saturated carbocycles. The van der Waals surface area contributed by atoms with Gasteiger partial charge in [-0.1, -0.05) is 30.3 Å². The largest absolute Gasteiger partial charge is 0.396 e. The zero-order valence-corrected chi connectivity index (χ0v) is 14.7. The second-order valence-electron chi connectivity index (χ2n) is 6.74. The lowest BCUT2D eigenvalue weighted by atomic mass is 10.1. The summed E-state index contributed by atoms with van der Waals surface area (Å²) in [6, 6.07) is 11.0. The normalized spacial score (nSPS) is 19.7. The molecule has 1 aromatic carbocycles. The predicted molar refractivity (Wildman–Crippen MR) is 95.6 cm³/mol. The summed E-state index contributed by atoms with van der Waals surface area (Å²) in [6.45, 7) is 7.38. The molecule has 3 rings (SSSR count). The molecule has 5 heteroatoms. The zero-order valence-electron chi connectivity index (χ0n) is 14.7. The van der Waals surface area contributed by atoms with Crippen LogP contribution >= 0.6 is 0 Å². The number of hydrogen-bond acceptors (Lipinski definition) is 4. The molecule has 2 aromatic rings. The Balaban J connectivity index is 1.63. The summed E-state index contributed by atoms with van der Waals surface area (Å²) < 4.78 is 1.94. The van der Waals surface area contributed by atoms with Crippen LogP contribution in [0.5, 0.6) is 0 Å². The standard InChI is InChI=1S/C19H28N4O/c1-16-18(12-20-21(16)2)14-22-9-10-23(19(15-22)8-11-24)13-17-6-4-3-5-7-17/h3-7,12,19,24H,8-11,13-15H2,1-2H3/t19-/m0/s1. The van der Waals surface area contributed by atoms with E-state index in [1.165, 1.54) is 16.8 Å². The number of aromatic nitrogens is 2. The molecule has 0 unspecified atom stereocenters. The second kappa shape index (κ2) is 7.92. The summed E-state index contributed by atoms with van der Waals surface area (Å²) in [5, 5.41) is 13.8. The van der Waals surface area contributed by atoms with Crippen LogP contribution in [0.1, 0.15) is 23.2 Å². The number of aliphatic hydroxyl groups is 1. The van der Waals surface area contributed by atoms with Crippen LogP contribution in [-0.4, -0.2) is 57.0 Å². The molecule has 0 amide bonds. The molecule has 24 heavy (non-hydrogen) atoms. The van der Waals surface area contributed by atoms with E-state index in [4.69, 9.17) is 0 Å². The lowest BCUT2D eigenvalue weighted by Gasteiger charge is -2.41. The topological polar surface area (TPSA) is 44.5 Å². The van der Waals surface area contributed by atoms with Gasteiger partial charge in [-0.25, -0.2) is 0 Å². The highest BCUT2D eigenvalue weighted by Gasteiger charge is 2.27. The molecule has 0 radical (unpaired) electrons. The highest BCUT2D eigenvalue weighted by atomic mass is 16.3. The molecule has 1 atom stereocenters. The van der Waals surface area contributed by atoms with Crippen molar-refractivity contribution in [2.75, 3.05) is 26.2 Å². The van der Waals surface area contributed by atoms with Gasteiger partial charge in [-0.15, -0.1) is 0 Å². The van der Waals surface area contributed by atoms with Crippen molar-refractivity contribution >= 4 is 0 Å². The van der Waals surface area contributed by atoms with Gasteiger partial charge in [0.1, 0.15) is 0 Å². The van der Waals surface area contributed by atoms with Crippen LogP contribution in [0.3, 0.4) is 0 Å². The van der Waals surface area contributed by atoms with E-state index < -0.39 is 0 Å². The molecule has 1 aliphatic rings. The fourth-order valence-electron chi connectivity index (χ4n) is 3.49. The molecule has 130 valence electrons. The molecule has 1 N–H and O–H groups in total. The molecule has 1 aromatic heterocycles. The van der Waals surface area contributed by atoms with Gasteiger partial charge in [0.25, 0.3) is 0 Å². The summed E-state index contributed by atoms with van der Waals surface area (Å²) in [5.41, 5.74) is 3.88. The minimum atomic E-state index is 0.246. The maximum absolute atomic E-state index is 9.47. The smallest absolute Gasteiger partial charge is 0.0537 e. The predicted octanol–water partition coefficient (Wildman–Crippen LogP) is 1.80. The van der Waals surface area contributed by atoms with Gasteiger partial charge in [-0.3, -0.25) is 14.5 Å². The van der Waals surface area contributed by atoms with Crippen LogP contribution in [0.4, 0.5) is 0 Å². The molecular weight excluding hydrogens is 300 g/mol. The SMILES string of the molecule is Cc1c(CN2CCN(Cc3ccccc3)[C@@H](CCO)C2)cnn1C. The van der Waals surface area contributed by atoms with Crippen LogP contribution in [0.15, 0.2) is 36.5 Å². The monoisotopic (exact) mass is 328 g/mol. The summed E-state index contributed by atoms with van der Waals surface area (Å²) in [4.78, 5) is 5.00. The Morgan fingerprint density at radius 2 is 1.96 bits per heavy atom. The van der Waals surface area contributed by atoms with E-state index in [1.54, 1.807) is 0 Å². The number of aryl methyl sites for hydroxylation is 1. The quantitative estimate of drug-likeness (QED) is 0.878. The Morgan fingerprint density at radius 1 is 1.17 bits per heavy atom. The first-order chi connectivity index (χ1) is 11.7. The van der Waals surface area contributed by atoms with E-state index in [9.17, 15) is 5.11 Å². The Hall–Kier alpha value is -1.69. The van der Waals surface area contributed by atoms with Gasteiger partial charge >= 0.3 is 0 Å². The maximum atomic E-state index is 9.47. The fraction of sp³-hybridized carbons (Fsp3) is 0.526. The molecule has 1 aliphatic heterocycles. The Morgan fingerprint density at radius 3 is 2.62 bits per heavy atom. The van der Waals surface area contributed by atoms with Gasteiger partial charge in [0.05, 0.1) is 6.20 Å². The highest BCUT2D eigenvalue weighted by molar-refractivity contribution is 5.16. The molecule has 2 heterocycles. The minimum absolute atomic E-state index is 0.246. The van der Waals surface area contributed by atoms with Crippen molar-refractivity contribution in [3.63, 3.8) is 0 Å². The van der Waals surface area contributed by atoms with Gasteiger partial charge in [-0.2, -0.15) is 5.10 Å². The summed E-state index contributed by atoms with van der Waals surface area (Å²) >= 11 is 0. The number of piperazine rings is 1. The van der Waals surface area contributed by atoms with Gasteiger partial charge in [-0.05, 0) is 18.9 Å². The summed E-state index contributed by atoms with van der Waals surface area (Å²) in [7, 11) is 1.99. The summed E-state index contributed by atoms with van der Waals surface area (Å²) in [5.74, 6) is 0. The lowest BCUT2D eigenvalue weighted by Crippen LogP contribution is -2.52. The van der Waals surface area contributed by atoms with Crippen molar-refractivity contribution in [3.05, 3.63) is 53.3 Å². The van der Waals surface area contributed by atoms with Gasteiger partial charge < -0.3 is 5.11 Å². The van der Waals surface area contributed by atoms with Crippen molar-refractivity contribution in [3.8, 4) is 0 Å². The van der Waals surface area contributed by atoms with Crippen molar-refractivity contribution in [2.24, 2.45) is 7.05 Å². The van der Waals surface area contributed by atoms with Crippen LogP contribution in [-0.2, 0) is 20.1 Å². The number of hydrogen-bond donors (Lipinski definition) is 1. The third kappa shape index (κ3) is 4.04. The first kappa shape index (κ1) is 17.1. The van der Waals surface area contributed by atoms with Gasteiger partial charge in [0, 0.05) is 63.7 Å². The second-order valence-corrected chi connectivity index (χ2v) is 6.74. The van der Waals surface area contributed by atoms with Crippen LogP contribution in [0, 0.1) is 6.92 Å². The van der Waals surface area contributed by atoms with E-state index in [0.29, 0.717) is 6.04 Å². The zero-order chi connectivity index (χ0) is 16.9. The Kier molecular flexibility index (Phi) is 5.66. The number of nitrogens with zero attached hydrogens (tertiary/aromatic N) is 4. The van der Waals surface area contributed by atoms with E-state index in [0.717, 1.165) is 39.1 Å². The molecular formula is C19H28N4O. The third-order valence-corrected chi connectivity index (χ3v) is 5.11. The molecule has 0 spiro atoms. The molecule has 0 aliphatic carbocycles. The van der Waals surface area contributed by atoms with Gasteiger partial charge in [0.15, 0.2) is 0 Å². The van der Waals surface area contributed by atoms with Crippen LogP contribution in [0.25, 0.3) is 0 Å². The average molecular weight is 328 g/mol. The Labute approximate surface area is 144 Å². The minimum Gasteiger partial charge on any atom is -0.396 e. The van der Waals surface area contributed by atoms with Crippen molar-refractivity contribution in [1.82, 2.24) is 19.6 Å². The number of benzene rings is 1. The lowest BCUT2D eigenvalue weighted by molar-refractivity contribution is 0.0499. The maximum Gasteiger partial charge on any atom is 0.0537 e. The van der Waals surface area contributed by atoms with E-state index >= 15 is 0 Å². The Bertz CT molecular complexity index is 640.